The summed E-state index contributed by atoms with van der Waals surface area (Å²) in [6.45, 7) is 1.85. The molecule has 0 spiro atoms. The van der Waals surface area contributed by atoms with E-state index in [-0.39, 0.29) is 17.5 Å². The van der Waals surface area contributed by atoms with E-state index in [1.165, 1.54) is 16.9 Å². The van der Waals surface area contributed by atoms with Crippen LogP contribution in [-0.2, 0) is 24.2 Å². The molecule has 2 aromatic heterocycles. The van der Waals surface area contributed by atoms with Gasteiger partial charge >= 0.3 is 0 Å². The van der Waals surface area contributed by atoms with Crippen molar-refractivity contribution in [3.63, 3.8) is 0 Å². The maximum Gasteiger partial charge on any atom is 0.262 e. The minimum atomic E-state index is 0.0113. The number of likely N-dealkylation sites (tertiary alicyclic amines) is 1. The van der Waals surface area contributed by atoms with Gasteiger partial charge in [-0.05, 0) is 49.8 Å². The lowest BCUT2D eigenvalue weighted by molar-refractivity contribution is -0.130. The summed E-state index contributed by atoms with van der Waals surface area (Å²) in [5.41, 5.74) is 2.30. The number of anilines is 1. The van der Waals surface area contributed by atoms with E-state index in [4.69, 9.17) is 0 Å². The highest BCUT2D eigenvalue weighted by atomic mass is 32.1. The molecule has 1 aliphatic heterocycles. The number of carbonyl (C=O) groups excluding carboxylic acids is 1. The number of carbonyl (C=O) groups is 1. The van der Waals surface area contributed by atoms with Gasteiger partial charge in [-0.1, -0.05) is 18.2 Å². The number of fused-ring (bicyclic) bond motifs is 3. The molecule has 1 atom stereocenters. The zero-order valence-corrected chi connectivity index (χ0v) is 17.8. The summed E-state index contributed by atoms with van der Waals surface area (Å²) in [5, 5.41) is 4.29. The normalized spacial score (nSPS) is 18.5. The minimum Gasteiger partial charge on any atom is -0.380 e. The molecule has 1 N–H and O–H groups in total. The van der Waals surface area contributed by atoms with Crippen LogP contribution in [0.3, 0.4) is 0 Å². The van der Waals surface area contributed by atoms with Crippen LogP contribution in [0.4, 0.5) is 5.69 Å². The molecule has 0 radical (unpaired) electrons. The Morgan fingerprint density at radius 2 is 2.03 bits per heavy atom. The summed E-state index contributed by atoms with van der Waals surface area (Å²) in [6, 6.07) is 10.4. The standard InChI is InChI=1S/C23H26N4O2S/c28-20(26-12-10-17(14-26)25-16-6-2-1-3-7-16)11-13-27-15-24-22-21(23(27)29)18-8-4-5-9-19(18)30-22/h1-3,6-7,15,17,25H,4-5,8-14H2. The Morgan fingerprint density at radius 1 is 1.20 bits per heavy atom. The summed E-state index contributed by atoms with van der Waals surface area (Å²) in [5.74, 6) is 0.103. The number of benzene rings is 1. The van der Waals surface area contributed by atoms with Crippen LogP contribution in [-0.4, -0.2) is 39.5 Å². The lowest BCUT2D eigenvalue weighted by Gasteiger charge is -2.18. The molecule has 1 amide bonds. The fourth-order valence-electron chi connectivity index (χ4n) is 4.59. The van der Waals surface area contributed by atoms with Crippen LogP contribution < -0.4 is 10.9 Å². The number of aromatic nitrogens is 2. The molecule has 6 nitrogen and oxygen atoms in total. The molecule has 2 aliphatic rings. The number of aryl methyl sites for hydroxylation is 3. The van der Waals surface area contributed by atoms with Crippen molar-refractivity contribution in [3.05, 3.63) is 57.5 Å². The molecule has 1 aliphatic carbocycles. The first kappa shape index (κ1) is 19.3. The molecule has 5 rings (SSSR count). The number of hydrogen-bond acceptors (Lipinski definition) is 5. The molecular formula is C23H26N4O2S. The molecule has 3 heterocycles. The minimum absolute atomic E-state index is 0.0113. The number of nitrogens with one attached hydrogen (secondary N) is 1. The molecule has 0 bridgehead atoms. The Kier molecular flexibility index (Phi) is 5.29. The maximum atomic E-state index is 13.0. The van der Waals surface area contributed by atoms with Gasteiger partial charge in [-0.2, -0.15) is 0 Å². The summed E-state index contributed by atoms with van der Waals surface area (Å²) in [4.78, 5) is 34.4. The first-order valence-electron chi connectivity index (χ1n) is 10.8. The van der Waals surface area contributed by atoms with Crippen LogP contribution in [0.1, 0.15) is 36.1 Å². The van der Waals surface area contributed by atoms with E-state index in [9.17, 15) is 9.59 Å². The first-order chi connectivity index (χ1) is 14.7. The van der Waals surface area contributed by atoms with Crippen molar-refractivity contribution in [2.24, 2.45) is 0 Å². The molecule has 1 fully saturated rings. The van der Waals surface area contributed by atoms with Gasteiger partial charge in [0.1, 0.15) is 4.83 Å². The van der Waals surface area contributed by atoms with E-state index in [0.29, 0.717) is 19.5 Å². The van der Waals surface area contributed by atoms with E-state index in [0.717, 1.165) is 48.1 Å². The van der Waals surface area contributed by atoms with Gasteiger partial charge in [0.25, 0.3) is 5.56 Å². The highest BCUT2D eigenvalue weighted by Gasteiger charge is 2.26. The van der Waals surface area contributed by atoms with E-state index in [1.54, 1.807) is 22.2 Å². The summed E-state index contributed by atoms with van der Waals surface area (Å²) < 4.78 is 1.62. The van der Waals surface area contributed by atoms with Crippen molar-refractivity contribution in [1.29, 1.82) is 0 Å². The van der Waals surface area contributed by atoms with Gasteiger partial charge in [0.05, 0.1) is 11.7 Å². The molecule has 1 unspecified atom stereocenters. The van der Waals surface area contributed by atoms with Gasteiger partial charge in [0.15, 0.2) is 0 Å². The van der Waals surface area contributed by atoms with Crippen molar-refractivity contribution in [3.8, 4) is 0 Å². The van der Waals surface area contributed by atoms with Gasteiger partial charge in [0.2, 0.25) is 5.91 Å². The van der Waals surface area contributed by atoms with Gasteiger partial charge in [-0.3, -0.25) is 14.2 Å². The molecular weight excluding hydrogens is 396 g/mol. The second-order valence-corrected chi connectivity index (χ2v) is 9.30. The van der Waals surface area contributed by atoms with Crippen LogP contribution in [0, 0.1) is 0 Å². The fourth-order valence-corrected chi connectivity index (χ4v) is 5.81. The van der Waals surface area contributed by atoms with Gasteiger partial charge in [-0.15, -0.1) is 11.3 Å². The van der Waals surface area contributed by atoms with Crippen LogP contribution in [0.5, 0.6) is 0 Å². The number of amides is 1. The second kappa shape index (κ2) is 8.22. The number of rotatable bonds is 5. The van der Waals surface area contributed by atoms with Crippen molar-refractivity contribution in [2.45, 2.75) is 51.1 Å². The maximum absolute atomic E-state index is 13.0. The molecule has 30 heavy (non-hydrogen) atoms. The monoisotopic (exact) mass is 422 g/mol. The quantitative estimate of drug-likeness (QED) is 0.684. The third kappa shape index (κ3) is 3.74. The first-order valence-corrected chi connectivity index (χ1v) is 11.6. The van der Waals surface area contributed by atoms with Gasteiger partial charge < -0.3 is 10.2 Å². The Balaban J connectivity index is 1.23. The summed E-state index contributed by atoms with van der Waals surface area (Å²) in [6.07, 6.45) is 7.24. The highest BCUT2D eigenvalue weighted by Crippen LogP contribution is 2.33. The van der Waals surface area contributed by atoms with Crippen molar-refractivity contribution in [2.75, 3.05) is 18.4 Å². The summed E-state index contributed by atoms with van der Waals surface area (Å²) >= 11 is 1.66. The van der Waals surface area contributed by atoms with Crippen LogP contribution in [0.15, 0.2) is 41.5 Å². The van der Waals surface area contributed by atoms with Crippen molar-refractivity contribution < 1.29 is 4.79 Å². The molecule has 0 saturated carbocycles. The predicted molar refractivity (Wildman–Crippen MR) is 120 cm³/mol. The number of hydrogen-bond donors (Lipinski definition) is 1. The zero-order chi connectivity index (χ0) is 20.5. The lowest BCUT2D eigenvalue weighted by Crippen LogP contribution is -2.33. The molecule has 3 aromatic rings. The fraction of sp³-hybridized carbons (Fsp3) is 0.435. The number of thiophene rings is 1. The van der Waals surface area contributed by atoms with Gasteiger partial charge in [0, 0.05) is 42.7 Å². The third-order valence-corrected chi connectivity index (χ3v) is 7.39. The predicted octanol–water partition coefficient (Wildman–Crippen LogP) is 3.44. The zero-order valence-electron chi connectivity index (χ0n) is 17.0. The Bertz CT molecular complexity index is 1120. The topological polar surface area (TPSA) is 67.2 Å². The van der Waals surface area contributed by atoms with E-state index >= 15 is 0 Å². The highest BCUT2D eigenvalue weighted by molar-refractivity contribution is 7.18. The smallest absolute Gasteiger partial charge is 0.262 e. The Morgan fingerprint density at radius 3 is 2.90 bits per heavy atom. The van der Waals surface area contributed by atoms with E-state index in [2.05, 4.69) is 10.3 Å². The number of para-hydroxylation sites is 1. The van der Waals surface area contributed by atoms with Crippen molar-refractivity contribution >= 4 is 33.1 Å². The third-order valence-electron chi connectivity index (χ3n) is 6.19. The summed E-state index contributed by atoms with van der Waals surface area (Å²) in [7, 11) is 0. The second-order valence-electron chi connectivity index (χ2n) is 8.22. The molecule has 1 saturated heterocycles. The molecule has 1 aromatic carbocycles. The van der Waals surface area contributed by atoms with Crippen LogP contribution in [0.2, 0.25) is 0 Å². The molecule has 7 heteroatoms. The van der Waals surface area contributed by atoms with Crippen LogP contribution >= 0.6 is 11.3 Å². The average Bonchev–Trinajstić information content (AvgIpc) is 3.38. The van der Waals surface area contributed by atoms with Crippen molar-refractivity contribution in [1.82, 2.24) is 14.5 Å². The average molecular weight is 423 g/mol. The van der Waals surface area contributed by atoms with Gasteiger partial charge in [-0.25, -0.2) is 4.98 Å². The van der Waals surface area contributed by atoms with Crippen LogP contribution in [0.25, 0.3) is 10.2 Å². The van der Waals surface area contributed by atoms with E-state index in [1.807, 2.05) is 35.2 Å². The number of nitrogens with zero attached hydrogens (tertiary/aromatic N) is 3. The van der Waals surface area contributed by atoms with E-state index < -0.39 is 0 Å². The molecule has 156 valence electrons. The Labute approximate surface area is 179 Å². The lowest BCUT2D eigenvalue weighted by atomic mass is 9.97. The largest absolute Gasteiger partial charge is 0.380 e. The SMILES string of the molecule is O=C(CCn1cnc2sc3c(c2c1=O)CCCC3)N1CCC(Nc2ccccc2)C1. The Hall–Kier alpha value is -2.67.